The third-order valence-corrected chi connectivity index (χ3v) is 2.27. The lowest BCUT2D eigenvalue weighted by Crippen LogP contribution is -2.15. The molecule has 0 heterocycles. The first-order valence-electron chi connectivity index (χ1n) is 4.71. The van der Waals surface area contributed by atoms with E-state index in [1.165, 1.54) is 0 Å². The van der Waals surface area contributed by atoms with Crippen LogP contribution in [-0.2, 0) is 0 Å². The van der Waals surface area contributed by atoms with Crippen LogP contribution in [0.15, 0.2) is 18.2 Å². The zero-order valence-electron chi connectivity index (χ0n) is 8.87. The Labute approximate surface area is 84.7 Å². The molecule has 0 aromatic heterocycles. The van der Waals surface area contributed by atoms with E-state index in [0.29, 0.717) is 11.7 Å². The van der Waals surface area contributed by atoms with Gasteiger partial charge in [-0.15, -0.1) is 0 Å². The van der Waals surface area contributed by atoms with Gasteiger partial charge in [-0.25, -0.2) is 0 Å². The largest absolute Gasteiger partial charge is 0.504 e. The molecule has 0 fully saturated rings. The van der Waals surface area contributed by atoms with Crippen molar-refractivity contribution >= 4 is 0 Å². The Kier molecular flexibility index (Phi) is 3.77. The lowest BCUT2D eigenvalue weighted by molar-refractivity contribution is 0.366. The third-order valence-electron chi connectivity index (χ3n) is 2.27. The number of likely N-dealkylation sites (N-methyl/N-ethyl adjacent to an activating group) is 1. The van der Waals surface area contributed by atoms with Gasteiger partial charge < -0.3 is 15.2 Å². The molecular weight excluding hydrogens is 178 g/mol. The number of hydrogen-bond acceptors (Lipinski definition) is 3. The van der Waals surface area contributed by atoms with Gasteiger partial charge in [0.2, 0.25) is 0 Å². The summed E-state index contributed by atoms with van der Waals surface area (Å²) in [5, 5.41) is 12.7. The van der Waals surface area contributed by atoms with E-state index in [4.69, 9.17) is 4.74 Å². The van der Waals surface area contributed by atoms with Crippen LogP contribution in [-0.4, -0.2) is 25.8 Å². The van der Waals surface area contributed by atoms with Crippen molar-refractivity contribution in [1.82, 2.24) is 5.32 Å². The Hall–Kier alpha value is -1.22. The minimum atomic E-state index is 0.202. The summed E-state index contributed by atoms with van der Waals surface area (Å²) in [6.45, 7) is 2.95. The van der Waals surface area contributed by atoms with Gasteiger partial charge in [0, 0.05) is 12.1 Å². The van der Waals surface area contributed by atoms with Crippen molar-refractivity contribution in [2.24, 2.45) is 0 Å². The van der Waals surface area contributed by atoms with Crippen LogP contribution in [0, 0.1) is 0 Å². The Balaban J connectivity index is 3.00. The molecule has 0 saturated carbocycles. The molecule has 1 atom stereocenters. The van der Waals surface area contributed by atoms with E-state index < -0.39 is 0 Å². The predicted octanol–water partition coefficient (Wildman–Crippen LogP) is 1.72. The Morgan fingerprint density at radius 3 is 2.79 bits per heavy atom. The molecule has 14 heavy (non-hydrogen) atoms. The quantitative estimate of drug-likeness (QED) is 0.768. The number of rotatable bonds is 4. The van der Waals surface area contributed by atoms with Crippen LogP contribution in [0.5, 0.6) is 11.5 Å². The summed E-state index contributed by atoms with van der Waals surface area (Å²) in [4.78, 5) is 0. The average molecular weight is 195 g/mol. The molecule has 78 valence electrons. The molecule has 3 heteroatoms. The smallest absolute Gasteiger partial charge is 0.163 e. The fourth-order valence-electron chi connectivity index (χ4n) is 1.57. The number of methoxy groups -OCH3 is 1. The monoisotopic (exact) mass is 195 g/mol. The summed E-state index contributed by atoms with van der Waals surface area (Å²) >= 11 is 0. The number of nitrogens with one attached hydrogen (secondary N) is 1. The molecule has 0 bridgehead atoms. The molecule has 1 aromatic rings. The highest BCUT2D eigenvalue weighted by Crippen LogP contribution is 2.34. The van der Waals surface area contributed by atoms with Gasteiger partial charge >= 0.3 is 0 Å². The molecule has 1 aromatic carbocycles. The number of aromatic hydroxyl groups is 1. The second-order valence-electron chi connectivity index (χ2n) is 3.36. The number of benzene rings is 1. The van der Waals surface area contributed by atoms with Gasteiger partial charge in [0.15, 0.2) is 11.5 Å². The van der Waals surface area contributed by atoms with Gasteiger partial charge in [0.05, 0.1) is 7.11 Å². The van der Waals surface area contributed by atoms with E-state index in [2.05, 4.69) is 12.2 Å². The van der Waals surface area contributed by atoms with Gasteiger partial charge in [0.25, 0.3) is 0 Å². The summed E-state index contributed by atoms with van der Waals surface area (Å²) in [7, 11) is 3.48. The van der Waals surface area contributed by atoms with Crippen LogP contribution in [0.2, 0.25) is 0 Å². The van der Waals surface area contributed by atoms with Crippen molar-refractivity contribution in [3.05, 3.63) is 23.8 Å². The molecule has 0 aliphatic carbocycles. The van der Waals surface area contributed by atoms with Crippen molar-refractivity contribution in [3.63, 3.8) is 0 Å². The van der Waals surface area contributed by atoms with Crippen molar-refractivity contribution in [2.45, 2.75) is 12.8 Å². The molecule has 0 aliphatic heterocycles. The Morgan fingerprint density at radius 2 is 2.21 bits per heavy atom. The maximum Gasteiger partial charge on any atom is 0.163 e. The SMILES string of the molecule is CNCC(C)c1cccc(O)c1OC. The zero-order chi connectivity index (χ0) is 10.6. The number of phenolic OH excluding ortho intramolecular Hbond substituents is 1. The molecule has 0 aliphatic rings. The van der Waals surface area contributed by atoms with Crippen LogP contribution < -0.4 is 10.1 Å². The minimum absolute atomic E-state index is 0.202. The molecule has 2 N–H and O–H groups in total. The van der Waals surface area contributed by atoms with Crippen molar-refractivity contribution in [3.8, 4) is 11.5 Å². The van der Waals surface area contributed by atoms with E-state index in [1.807, 2.05) is 19.2 Å². The molecule has 0 amide bonds. The van der Waals surface area contributed by atoms with Crippen molar-refractivity contribution < 1.29 is 9.84 Å². The van der Waals surface area contributed by atoms with Crippen LogP contribution in [0.25, 0.3) is 0 Å². The van der Waals surface area contributed by atoms with Gasteiger partial charge in [-0.2, -0.15) is 0 Å². The Morgan fingerprint density at radius 1 is 1.50 bits per heavy atom. The standard InChI is InChI=1S/C11H17NO2/c1-8(7-12-2)9-5-4-6-10(13)11(9)14-3/h4-6,8,12-13H,7H2,1-3H3. The van der Waals surface area contributed by atoms with Crippen LogP contribution in [0.1, 0.15) is 18.4 Å². The van der Waals surface area contributed by atoms with E-state index in [0.717, 1.165) is 12.1 Å². The van der Waals surface area contributed by atoms with E-state index in [9.17, 15) is 5.11 Å². The third kappa shape index (κ3) is 2.17. The molecular formula is C11H17NO2. The average Bonchev–Trinajstić information content (AvgIpc) is 2.17. The number of phenols is 1. The highest BCUT2D eigenvalue weighted by atomic mass is 16.5. The lowest BCUT2D eigenvalue weighted by Gasteiger charge is -2.15. The van der Waals surface area contributed by atoms with Crippen molar-refractivity contribution in [1.29, 1.82) is 0 Å². The van der Waals surface area contributed by atoms with Crippen LogP contribution in [0.4, 0.5) is 0 Å². The highest BCUT2D eigenvalue weighted by Gasteiger charge is 2.13. The van der Waals surface area contributed by atoms with Gasteiger partial charge in [-0.1, -0.05) is 19.1 Å². The molecule has 1 rings (SSSR count). The normalized spacial score (nSPS) is 12.5. The van der Waals surface area contributed by atoms with E-state index in [-0.39, 0.29) is 5.75 Å². The first kappa shape index (κ1) is 10.9. The van der Waals surface area contributed by atoms with Crippen molar-refractivity contribution in [2.75, 3.05) is 20.7 Å². The minimum Gasteiger partial charge on any atom is -0.504 e. The lowest BCUT2D eigenvalue weighted by atomic mass is 10.00. The second kappa shape index (κ2) is 4.86. The number of para-hydroxylation sites is 1. The summed E-state index contributed by atoms with van der Waals surface area (Å²) in [5.74, 6) is 1.10. The maximum atomic E-state index is 9.56. The van der Waals surface area contributed by atoms with E-state index >= 15 is 0 Å². The maximum absolute atomic E-state index is 9.56. The first-order valence-corrected chi connectivity index (χ1v) is 4.71. The summed E-state index contributed by atoms with van der Waals surface area (Å²) in [6.07, 6.45) is 0. The van der Waals surface area contributed by atoms with Crippen LogP contribution in [0.3, 0.4) is 0 Å². The van der Waals surface area contributed by atoms with Gasteiger partial charge in [-0.3, -0.25) is 0 Å². The van der Waals surface area contributed by atoms with Crippen LogP contribution >= 0.6 is 0 Å². The molecule has 0 spiro atoms. The number of hydrogen-bond donors (Lipinski definition) is 2. The fourth-order valence-corrected chi connectivity index (χ4v) is 1.57. The second-order valence-corrected chi connectivity index (χ2v) is 3.36. The fraction of sp³-hybridized carbons (Fsp3) is 0.455. The van der Waals surface area contributed by atoms with Gasteiger partial charge in [-0.05, 0) is 19.0 Å². The summed E-state index contributed by atoms with van der Waals surface area (Å²) < 4.78 is 5.17. The molecule has 3 nitrogen and oxygen atoms in total. The molecule has 1 unspecified atom stereocenters. The molecule has 0 radical (unpaired) electrons. The Bertz CT molecular complexity index is 299. The summed E-state index contributed by atoms with van der Waals surface area (Å²) in [5.41, 5.74) is 1.03. The highest BCUT2D eigenvalue weighted by molar-refractivity contribution is 5.47. The molecule has 0 saturated heterocycles. The van der Waals surface area contributed by atoms with Gasteiger partial charge in [0.1, 0.15) is 0 Å². The van der Waals surface area contributed by atoms with E-state index in [1.54, 1.807) is 13.2 Å². The predicted molar refractivity (Wildman–Crippen MR) is 57.0 cm³/mol. The zero-order valence-corrected chi connectivity index (χ0v) is 8.87. The summed E-state index contributed by atoms with van der Waals surface area (Å²) in [6, 6.07) is 5.44. The first-order chi connectivity index (χ1) is 6.70. The number of ether oxygens (including phenoxy) is 1. The topological polar surface area (TPSA) is 41.5 Å².